The van der Waals surface area contributed by atoms with Gasteiger partial charge in [-0.3, -0.25) is 4.79 Å². The first-order valence-electron chi connectivity index (χ1n) is 7.24. The minimum Gasteiger partial charge on any atom is -0.347 e. The van der Waals surface area contributed by atoms with Gasteiger partial charge in [-0.25, -0.2) is 4.98 Å². The number of carbonyl (C=O) groups excluding carboxylic acids is 1. The van der Waals surface area contributed by atoms with Crippen LogP contribution in [0.4, 0.5) is 0 Å². The van der Waals surface area contributed by atoms with Gasteiger partial charge in [0.05, 0.1) is 11.7 Å². The molecule has 2 aliphatic rings. The molecule has 1 unspecified atom stereocenters. The van der Waals surface area contributed by atoms with E-state index in [-0.39, 0.29) is 11.9 Å². The van der Waals surface area contributed by atoms with Crippen LogP contribution in [0.3, 0.4) is 0 Å². The van der Waals surface area contributed by atoms with Crippen LogP contribution in [-0.4, -0.2) is 45.9 Å². The first kappa shape index (κ1) is 11.9. The van der Waals surface area contributed by atoms with Gasteiger partial charge in [-0.05, 0) is 37.4 Å². The Morgan fingerprint density at radius 2 is 2.35 bits per heavy atom. The molecule has 5 heteroatoms. The van der Waals surface area contributed by atoms with Crippen LogP contribution in [0.2, 0.25) is 0 Å². The van der Waals surface area contributed by atoms with Gasteiger partial charge in [0.2, 0.25) is 0 Å². The average Bonchev–Trinajstić information content (AvgIpc) is 3.04. The largest absolute Gasteiger partial charge is 0.347 e. The van der Waals surface area contributed by atoms with Gasteiger partial charge in [-0.15, -0.1) is 0 Å². The number of rotatable bonds is 2. The molecule has 0 spiro atoms. The first-order chi connectivity index (χ1) is 9.78. The standard InChI is InChI=1S/C15H18N4O/c20-15(14-10-19-4-1-2-13(19)7-16-14)17-12-6-11-3-5-18(8-11)9-12/h1-2,4,7,10-12H,3,5-6,8-9H2,(H,17,20)/t11-,12+/m0/s1. The number of piperidine rings is 1. The van der Waals surface area contributed by atoms with Crippen LogP contribution in [0.5, 0.6) is 0 Å². The maximum atomic E-state index is 12.3. The maximum Gasteiger partial charge on any atom is 0.271 e. The van der Waals surface area contributed by atoms with Crippen molar-refractivity contribution < 1.29 is 4.79 Å². The second-order valence-corrected chi connectivity index (χ2v) is 5.93. The highest BCUT2D eigenvalue weighted by molar-refractivity contribution is 5.92. The Morgan fingerprint density at radius 1 is 1.40 bits per heavy atom. The van der Waals surface area contributed by atoms with E-state index >= 15 is 0 Å². The fourth-order valence-electron chi connectivity index (χ4n) is 3.48. The zero-order chi connectivity index (χ0) is 13.5. The topological polar surface area (TPSA) is 49.6 Å². The number of hydrogen-bond acceptors (Lipinski definition) is 3. The Labute approximate surface area is 117 Å². The van der Waals surface area contributed by atoms with Crippen molar-refractivity contribution in [1.29, 1.82) is 0 Å². The zero-order valence-electron chi connectivity index (χ0n) is 11.3. The molecular formula is C15H18N4O. The molecule has 2 saturated heterocycles. The smallest absolute Gasteiger partial charge is 0.271 e. The summed E-state index contributed by atoms with van der Waals surface area (Å²) in [6.07, 6.45) is 7.85. The van der Waals surface area contributed by atoms with Gasteiger partial charge in [0, 0.05) is 31.5 Å². The van der Waals surface area contributed by atoms with E-state index < -0.39 is 0 Å². The molecule has 5 nitrogen and oxygen atoms in total. The fraction of sp³-hybridized carbons (Fsp3) is 0.467. The maximum absolute atomic E-state index is 12.3. The number of nitrogens with zero attached hydrogens (tertiary/aromatic N) is 3. The van der Waals surface area contributed by atoms with Gasteiger partial charge in [0.25, 0.3) is 5.91 Å². The average molecular weight is 270 g/mol. The van der Waals surface area contributed by atoms with Gasteiger partial charge in [0.1, 0.15) is 5.69 Å². The van der Waals surface area contributed by atoms with Crippen LogP contribution in [-0.2, 0) is 0 Å². The van der Waals surface area contributed by atoms with E-state index in [0.29, 0.717) is 5.69 Å². The Bertz CT molecular complexity index is 638. The SMILES string of the molecule is O=C(N[C@@H]1C[C@@H]2CCN(C2)C1)c1cn2cccc2cn1. The molecule has 104 valence electrons. The van der Waals surface area contributed by atoms with Gasteiger partial charge >= 0.3 is 0 Å². The van der Waals surface area contributed by atoms with Gasteiger partial charge in [0.15, 0.2) is 0 Å². The fourth-order valence-corrected chi connectivity index (χ4v) is 3.48. The molecule has 4 heterocycles. The van der Waals surface area contributed by atoms with Crippen LogP contribution in [0.15, 0.2) is 30.7 Å². The minimum absolute atomic E-state index is 0.0619. The normalized spacial score (nSPS) is 28.7. The quantitative estimate of drug-likeness (QED) is 0.891. The summed E-state index contributed by atoms with van der Waals surface area (Å²) in [5, 5.41) is 3.14. The third-order valence-corrected chi connectivity index (χ3v) is 4.44. The predicted molar refractivity (Wildman–Crippen MR) is 75.6 cm³/mol. The highest BCUT2D eigenvalue weighted by Crippen LogP contribution is 2.26. The Balaban J connectivity index is 1.49. The van der Waals surface area contributed by atoms with Crippen LogP contribution >= 0.6 is 0 Å². The lowest BCUT2D eigenvalue weighted by atomic mass is 9.97. The van der Waals surface area contributed by atoms with Crippen molar-refractivity contribution in [2.75, 3.05) is 19.6 Å². The number of carbonyl (C=O) groups is 1. The summed E-state index contributed by atoms with van der Waals surface area (Å²) in [4.78, 5) is 19.0. The van der Waals surface area contributed by atoms with Gasteiger partial charge in [-0.2, -0.15) is 0 Å². The van der Waals surface area contributed by atoms with Crippen molar-refractivity contribution in [3.63, 3.8) is 0 Å². The molecular weight excluding hydrogens is 252 g/mol. The molecule has 3 atom stereocenters. The van der Waals surface area contributed by atoms with Crippen molar-refractivity contribution in [2.45, 2.75) is 18.9 Å². The molecule has 1 N–H and O–H groups in total. The number of nitrogens with one attached hydrogen (secondary N) is 1. The molecule has 0 aliphatic carbocycles. The molecule has 2 aromatic heterocycles. The monoisotopic (exact) mass is 270 g/mol. The number of hydrogen-bond donors (Lipinski definition) is 1. The first-order valence-corrected chi connectivity index (χ1v) is 7.24. The summed E-state index contributed by atoms with van der Waals surface area (Å²) in [7, 11) is 0. The highest BCUT2D eigenvalue weighted by atomic mass is 16.2. The molecule has 2 aliphatic heterocycles. The molecule has 4 rings (SSSR count). The Hall–Kier alpha value is -1.88. The van der Waals surface area contributed by atoms with Crippen LogP contribution in [0, 0.1) is 5.92 Å². The van der Waals surface area contributed by atoms with Crippen LogP contribution in [0.1, 0.15) is 23.3 Å². The predicted octanol–water partition coefficient (Wildman–Crippen LogP) is 1.16. The lowest BCUT2D eigenvalue weighted by Crippen LogP contribution is -2.47. The molecule has 0 saturated carbocycles. The van der Waals surface area contributed by atoms with Crippen molar-refractivity contribution in [1.82, 2.24) is 19.6 Å². The molecule has 20 heavy (non-hydrogen) atoms. The van der Waals surface area contributed by atoms with Crippen LogP contribution in [0.25, 0.3) is 5.52 Å². The number of amides is 1. The van der Waals surface area contributed by atoms with E-state index in [2.05, 4.69) is 15.2 Å². The zero-order valence-corrected chi connectivity index (χ0v) is 11.3. The van der Waals surface area contributed by atoms with Crippen LogP contribution < -0.4 is 5.32 Å². The second kappa shape index (κ2) is 4.59. The van der Waals surface area contributed by atoms with E-state index in [0.717, 1.165) is 24.4 Å². The van der Waals surface area contributed by atoms with Gasteiger partial charge < -0.3 is 14.6 Å². The van der Waals surface area contributed by atoms with Crippen molar-refractivity contribution in [2.24, 2.45) is 5.92 Å². The molecule has 2 aromatic rings. The summed E-state index contributed by atoms with van der Waals surface area (Å²) in [5.74, 6) is 0.696. The van der Waals surface area contributed by atoms with E-state index in [1.165, 1.54) is 19.5 Å². The minimum atomic E-state index is -0.0619. The highest BCUT2D eigenvalue weighted by Gasteiger charge is 2.33. The number of aromatic nitrogens is 2. The van der Waals surface area contributed by atoms with Crippen molar-refractivity contribution in [3.8, 4) is 0 Å². The molecule has 2 bridgehead atoms. The molecule has 1 amide bonds. The molecule has 2 fully saturated rings. The van der Waals surface area contributed by atoms with Crippen molar-refractivity contribution >= 4 is 11.4 Å². The summed E-state index contributed by atoms with van der Waals surface area (Å²) >= 11 is 0. The van der Waals surface area contributed by atoms with Crippen molar-refractivity contribution in [3.05, 3.63) is 36.4 Å². The summed E-state index contributed by atoms with van der Waals surface area (Å²) in [6, 6.07) is 4.19. The Morgan fingerprint density at radius 3 is 3.25 bits per heavy atom. The van der Waals surface area contributed by atoms with E-state index in [9.17, 15) is 4.79 Å². The third kappa shape index (κ3) is 2.08. The molecule has 0 radical (unpaired) electrons. The lowest BCUT2D eigenvalue weighted by molar-refractivity contribution is 0.0904. The lowest BCUT2D eigenvalue weighted by Gasteiger charge is -2.30. The number of fused-ring (bicyclic) bond motifs is 3. The molecule has 0 aromatic carbocycles. The van der Waals surface area contributed by atoms with Gasteiger partial charge in [-0.1, -0.05) is 0 Å². The second-order valence-electron chi connectivity index (χ2n) is 5.93. The van der Waals surface area contributed by atoms with E-state index in [1.807, 2.05) is 22.7 Å². The van der Waals surface area contributed by atoms with E-state index in [1.54, 1.807) is 12.4 Å². The summed E-state index contributed by atoms with van der Waals surface area (Å²) in [6.45, 7) is 3.37. The summed E-state index contributed by atoms with van der Waals surface area (Å²) in [5.41, 5.74) is 1.49. The third-order valence-electron chi connectivity index (χ3n) is 4.44. The van der Waals surface area contributed by atoms with E-state index in [4.69, 9.17) is 0 Å². The summed E-state index contributed by atoms with van der Waals surface area (Å²) < 4.78 is 1.93. The Kier molecular flexibility index (Phi) is 2.73.